The molecule has 0 unspecified atom stereocenters. The third-order valence-corrected chi connectivity index (χ3v) is 7.06. The van der Waals surface area contributed by atoms with E-state index in [4.69, 9.17) is 4.42 Å². The fourth-order valence-corrected chi connectivity index (χ4v) is 5.37. The van der Waals surface area contributed by atoms with Crippen LogP contribution in [0, 0.1) is 32.1 Å². The van der Waals surface area contributed by atoms with E-state index in [9.17, 15) is 14.9 Å². The Morgan fingerprint density at radius 1 is 1.03 bits per heavy atom. The molecule has 0 aliphatic carbocycles. The number of hydrogen-bond donors (Lipinski definition) is 3. The highest BCUT2D eigenvalue weighted by Crippen LogP contribution is 2.41. The van der Waals surface area contributed by atoms with Crippen molar-refractivity contribution in [2.45, 2.75) is 33.6 Å². The second-order valence-corrected chi connectivity index (χ2v) is 9.88. The summed E-state index contributed by atoms with van der Waals surface area (Å²) in [5, 5.41) is 19.8. The number of nitrogens with one attached hydrogen (secondary N) is 3. The zero-order valence-electron chi connectivity index (χ0n) is 21.1. The summed E-state index contributed by atoms with van der Waals surface area (Å²) in [6.07, 6.45) is 1.51. The van der Waals surface area contributed by atoms with E-state index in [1.54, 1.807) is 31.2 Å². The molecule has 1 aliphatic rings. The van der Waals surface area contributed by atoms with Crippen LogP contribution in [0.25, 0.3) is 0 Å². The summed E-state index contributed by atoms with van der Waals surface area (Å²) in [7, 11) is 0. The molecule has 2 heterocycles. The van der Waals surface area contributed by atoms with Crippen LogP contribution in [0.2, 0.25) is 0 Å². The van der Waals surface area contributed by atoms with E-state index in [-0.39, 0.29) is 17.6 Å². The van der Waals surface area contributed by atoms with Crippen LogP contribution < -0.4 is 16.0 Å². The molecule has 2 aromatic carbocycles. The first kappa shape index (κ1) is 25.9. The van der Waals surface area contributed by atoms with Gasteiger partial charge in [-0.15, -0.1) is 0 Å². The fraction of sp³-hybridized carbons (Fsp3) is 0.207. The normalized spacial score (nSPS) is 15.2. The molecular weight excluding hydrogens is 484 g/mol. The van der Waals surface area contributed by atoms with Gasteiger partial charge in [0.2, 0.25) is 5.91 Å². The summed E-state index contributed by atoms with van der Waals surface area (Å²) in [4.78, 5) is 26.2. The van der Waals surface area contributed by atoms with Crippen LogP contribution in [0.15, 0.2) is 87.1 Å². The summed E-state index contributed by atoms with van der Waals surface area (Å²) in [5.41, 5.74) is 5.86. The standard InChI is InChI=1S/C29H28N4O3S/c1-17-13-18(2)27(19(3)14-17)33-24(34)16-37-29-22(15-30)26(23-11-8-12-36-23)25(20(4)31-29)28(35)32-21-9-6-5-7-10-21/h5-14,26,31H,16H2,1-4H3,(H,32,35)(H,33,34)/t26-/m1/s1. The molecule has 3 N–H and O–H groups in total. The van der Waals surface area contributed by atoms with Crippen LogP contribution in [0.3, 0.4) is 0 Å². The van der Waals surface area contributed by atoms with Crippen molar-refractivity contribution in [1.82, 2.24) is 5.32 Å². The second kappa shape index (κ2) is 11.2. The van der Waals surface area contributed by atoms with E-state index in [2.05, 4.69) is 22.0 Å². The van der Waals surface area contributed by atoms with Gasteiger partial charge in [0.05, 0.1) is 40.2 Å². The SMILES string of the molecule is CC1=C(C(=O)Nc2ccccc2)[C@@H](c2ccco2)C(C#N)=C(SCC(=O)Nc2c(C)cc(C)cc2C)N1. The quantitative estimate of drug-likeness (QED) is 0.363. The van der Waals surface area contributed by atoms with E-state index in [0.29, 0.717) is 33.3 Å². The van der Waals surface area contributed by atoms with Crippen molar-refractivity contribution in [3.63, 3.8) is 0 Å². The minimum atomic E-state index is -0.711. The van der Waals surface area contributed by atoms with Crippen molar-refractivity contribution < 1.29 is 14.0 Å². The van der Waals surface area contributed by atoms with Crippen molar-refractivity contribution in [2.24, 2.45) is 0 Å². The number of nitriles is 1. The minimum absolute atomic E-state index is 0.0873. The molecule has 0 bridgehead atoms. The molecule has 0 saturated carbocycles. The monoisotopic (exact) mass is 512 g/mol. The molecule has 0 spiro atoms. The molecule has 3 aromatic rings. The molecule has 0 fully saturated rings. The van der Waals surface area contributed by atoms with E-state index in [0.717, 1.165) is 22.4 Å². The summed E-state index contributed by atoms with van der Waals surface area (Å²) in [5.74, 6) is -0.668. The molecule has 0 saturated heterocycles. The van der Waals surface area contributed by atoms with Crippen LogP contribution in [0.5, 0.6) is 0 Å². The fourth-order valence-electron chi connectivity index (χ4n) is 4.48. The number of furan rings is 1. The zero-order valence-corrected chi connectivity index (χ0v) is 22.0. The largest absolute Gasteiger partial charge is 0.468 e. The average molecular weight is 513 g/mol. The molecule has 37 heavy (non-hydrogen) atoms. The van der Waals surface area contributed by atoms with Crippen LogP contribution in [-0.4, -0.2) is 17.6 Å². The summed E-state index contributed by atoms with van der Waals surface area (Å²) < 4.78 is 5.66. The molecule has 1 atom stereocenters. The van der Waals surface area contributed by atoms with Gasteiger partial charge < -0.3 is 20.4 Å². The highest BCUT2D eigenvalue weighted by Gasteiger charge is 2.36. The van der Waals surface area contributed by atoms with E-state index < -0.39 is 5.92 Å². The van der Waals surface area contributed by atoms with Crippen molar-refractivity contribution in [1.29, 1.82) is 5.26 Å². The summed E-state index contributed by atoms with van der Waals surface area (Å²) >= 11 is 1.22. The summed E-state index contributed by atoms with van der Waals surface area (Å²) in [6.45, 7) is 7.73. The number of anilines is 2. The predicted molar refractivity (Wildman–Crippen MR) is 147 cm³/mol. The molecule has 4 rings (SSSR count). The molecule has 1 aromatic heterocycles. The van der Waals surface area contributed by atoms with Crippen molar-refractivity contribution in [3.8, 4) is 6.07 Å². The van der Waals surface area contributed by atoms with Gasteiger partial charge in [0.25, 0.3) is 5.91 Å². The van der Waals surface area contributed by atoms with E-state index in [1.165, 1.54) is 18.0 Å². The lowest BCUT2D eigenvalue weighted by Crippen LogP contribution is -2.31. The maximum Gasteiger partial charge on any atom is 0.254 e. The number of carbonyl (C=O) groups is 2. The molecule has 2 amide bonds. The number of carbonyl (C=O) groups excluding carboxylic acids is 2. The van der Waals surface area contributed by atoms with Gasteiger partial charge in [-0.2, -0.15) is 5.26 Å². The van der Waals surface area contributed by atoms with E-state index >= 15 is 0 Å². The maximum atomic E-state index is 13.4. The Labute approximate surface area is 220 Å². The van der Waals surface area contributed by atoms with Gasteiger partial charge in [-0.05, 0) is 63.1 Å². The number of allylic oxidation sites excluding steroid dienone is 2. The van der Waals surface area contributed by atoms with Crippen LogP contribution in [0.4, 0.5) is 11.4 Å². The number of rotatable bonds is 7. The Morgan fingerprint density at radius 2 is 1.73 bits per heavy atom. The lowest BCUT2D eigenvalue weighted by atomic mass is 9.85. The third-order valence-electron chi connectivity index (χ3n) is 6.04. The average Bonchev–Trinajstić information content (AvgIpc) is 3.39. The number of aryl methyl sites for hydroxylation is 3. The number of benzene rings is 2. The number of thioether (sulfide) groups is 1. The Balaban J connectivity index is 1.58. The third kappa shape index (κ3) is 5.79. The number of nitrogens with zero attached hydrogens (tertiary/aromatic N) is 1. The van der Waals surface area contributed by atoms with Crippen LogP contribution in [-0.2, 0) is 9.59 Å². The molecular formula is C29H28N4O3S. The van der Waals surface area contributed by atoms with Crippen molar-refractivity contribution in [3.05, 3.63) is 105 Å². The molecule has 0 radical (unpaired) electrons. The molecule has 7 nitrogen and oxygen atoms in total. The Kier molecular flexibility index (Phi) is 7.85. The second-order valence-electron chi connectivity index (χ2n) is 8.90. The van der Waals surface area contributed by atoms with Gasteiger partial charge in [-0.25, -0.2) is 0 Å². The van der Waals surface area contributed by atoms with Gasteiger partial charge in [-0.3, -0.25) is 9.59 Å². The lowest BCUT2D eigenvalue weighted by Gasteiger charge is -2.28. The number of para-hydroxylation sites is 1. The first-order chi connectivity index (χ1) is 17.8. The van der Waals surface area contributed by atoms with Gasteiger partial charge >= 0.3 is 0 Å². The Hall–Kier alpha value is -4.22. The van der Waals surface area contributed by atoms with Crippen molar-refractivity contribution in [2.75, 3.05) is 16.4 Å². The first-order valence-electron chi connectivity index (χ1n) is 11.8. The summed E-state index contributed by atoms with van der Waals surface area (Å²) in [6, 6.07) is 18.9. The highest BCUT2D eigenvalue weighted by atomic mass is 32.2. The molecule has 188 valence electrons. The highest BCUT2D eigenvalue weighted by molar-refractivity contribution is 8.03. The number of hydrogen-bond acceptors (Lipinski definition) is 6. The van der Waals surface area contributed by atoms with Crippen LogP contribution >= 0.6 is 11.8 Å². The van der Waals surface area contributed by atoms with Gasteiger partial charge in [0.1, 0.15) is 5.76 Å². The number of amides is 2. The lowest BCUT2D eigenvalue weighted by molar-refractivity contribution is -0.114. The Bertz CT molecular complexity index is 1410. The van der Waals surface area contributed by atoms with E-state index in [1.807, 2.05) is 51.1 Å². The first-order valence-corrected chi connectivity index (χ1v) is 12.8. The zero-order chi connectivity index (χ0) is 26.5. The minimum Gasteiger partial charge on any atom is -0.468 e. The molecule has 1 aliphatic heterocycles. The van der Waals surface area contributed by atoms with Crippen LogP contribution in [0.1, 0.15) is 35.3 Å². The predicted octanol–water partition coefficient (Wildman–Crippen LogP) is 5.91. The number of dihydropyridines is 1. The maximum absolute atomic E-state index is 13.4. The topological polar surface area (TPSA) is 107 Å². The van der Waals surface area contributed by atoms with Gasteiger partial charge in [0.15, 0.2) is 0 Å². The van der Waals surface area contributed by atoms with Crippen molar-refractivity contribution >= 4 is 35.0 Å². The Morgan fingerprint density at radius 3 is 2.35 bits per heavy atom. The van der Waals surface area contributed by atoms with Gasteiger partial charge in [0, 0.05) is 17.1 Å². The van der Waals surface area contributed by atoms with Gasteiger partial charge in [-0.1, -0.05) is 47.7 Å². The smallest absolute Gasteiger partial charge is 0.254 e. The molecule has 8 heteroatoms.